The Labute approximate surface area is 264 Å². The van der Waals surface area contributed by atoms with Crippen molar-refractivity contribution in [3.05, 3.63) is 95.2 Å². The first kappa shape index (κ1) is 29.4. The van der Waals surface area contributed by atoms with Crippen LogP contribution in [0.1, 0.15) is 61.4 Å². The molecule has 45 heavy (non-hydrogen) atoms. The molecule has 4 aromatic rings. The third kappa shape index (κ3) is 5.05. The largest absolute Gasteiger partial charge is 0.493 e. The summed E-state index contributed by atoms with van der Waals surface area (Å²) in [6.45, 7) is 7.86. The Hall–Kier alpha value is -4.30. The van der Waals surface area contributed by atoms with Gasteiger partial charge >= 0.3 is 0 Å². The van der Waals surface area contributed by atoms with Gasteiger partial charge in [0.25, 0.3) is 5.91 Å². The predicted octanol–water partition coefficient (Wildman–Crippen LogP) is 5.66. The molecule has 4 heterocycles. The van der Waals surface area contributed by atoms with E-state index in [4.69, 9.17) is 9.47 Å². The number of para-hydroxylation sites is 1. The number of likely N-dealkylation sites (tertiary alicyclic amines) is 1. The summed E-state index contributed by atoms with van der Waals surface area (Å²) in [7, 11) is 1.65. The van der Waals surface area contributed by atoms with Gasteiger partial charge in [-0.2, -0.15) is 0 Å². The Morgan fingerprint density at radius 2 is 1.71 bits per heavy atom. The average molecular weight is 607 g/mol. The lowest BCUT2D eigenvalue weighted by Crippen LogP contribution is -2.69. The highest BCUT2D eigenvalue weighted by molar-refractivity contribution is 6.01. The van der Waals surface area contributed by atoms with E-state index in [2.05, 4.69) is 59.3 Å². The second-order valence-corrected chi connectivity index (χ2v) is 12.8. The lowest BCUT2D eigenvalue weighted by atomic mass is 9.76. The minimum Gasteiger partial charge on any atom is -0.493 e. The number of fused-ring (bicyclic) bond motifs is 5. The standard InChI is InChI=1S/C37H42N4O4/c1-4-20-45-31-15-14-26(21-32(31)44-3)29-23-41-33(42)24-40(27-16-18-39(19-17-27)22-25-10-6-5-7-11-25)36(43)37(41,2)35-34(29)28-12-8-9-13-30(28)38-35/h5-15,21,27,29,38H,4,16-20,22-24H2,1-3H3. The fourth-order valence-electron chi connectivity index (χ4n) is 7.69. The van der Waals surface area contributed by atoms with Crippen LogP contribution in [-0.4, -0.2) is 77.4 Å². The number of nitrogens with one attached hydrogen (secondary N) is 1. The summed E-state index contributed by atoms with van der Waals surface area (Å²) in [6, 6.07) is 24.8. The summed E-state index contributed by atoms with van der Waals surface area (Å²) < 4.78 is 11.7. The molecule has 0 saturated carbocycles. The Bertz CT molecular complexity index is 1710. The molecule has 0 bridgehead atoms. The molecule has 3 aliphatic heterocycles. The zero-order valence-electron chi connectivity index (χ0n) is 26.4. The van der Waals surface area contributed by atoms with Crippen LogP contribution < -0.4 is 9.47 Å². The number of rotatable bonds is 8. The Kier molecular flexibility index (Phi) is 7.78. The number of benzene rings is 3. The number of carbonyl (C=O) groups excluding carboxylic acids is 2. The van der Waals surface area contributed by atoms with Gasteiger partial charge in [0, 0.05) is 49.0 Å². The van der Waals surface area contributed by atoms with Gasteiger partial charge in [-0.15, -0.1) is 0 Å². The van der Waals surface area contributed by atoms with Gasteiger partial charge in [0.05, 0.1) is 19.4 Å². The Morgan fingerprint density at radius 1 is 0.956 bits per heavy atom. The smallest absolute Gasteiger partial charge is 0.255 e. The quantitative estimate of drug-likeness (QED) is 0.280. The first-order valence-corrected chi connectivity index (χ1v) is 16.2. The number of methoxy groups -OCH3 is 1. The minimum absolute atomic E-state index is 0.00649. The molecular formula is C37H42N4O4. The van der Waals surface area contributed by atoms with Crippen LogP contribution in [0.3, 0.4) is 0 Å². The van der Waals surface area contributed by atoms with Crippen LogP contribution in [0, 0.1) is 0 Å². The number of nitrogens with zero attached hydrogens (tertiary/aromatic N) is 3. The van der Waals surface area contributed by atoms with Crippen molar-refractivity contribution < 1.29 is 19.1 Å². The second kappa shape index (κ2) is 11.9. The molecule has 2 unspecified atom stereocenters. The molecule has 3 aliphatic rings. The fourth-order valence-corrected chi connectivity index (χ4v) is 7.69. The van der Waals surface area contributed by atoms with E-state index in [1.54, 1.807) is 7.11 Å². The highest BCUT2D eigenvalue weighted by atomic mass is 16.5. The van der Waals surface area contributed by atoms with E-state index in [1.165, 1.54) is 5.56 Å². The van der Waals surface area contributed by atoms with Gasteiger partial charge in [0.1, 0.15) is 6.54 Å². The molecule has 0 aliphatic carbocycles. The molecule has 2 atom stereocenters. The van der Waals surface area contributed by atoms with Gasteiger partial charge in [0.15, 0.2) is 17.0 Å². The molecule has 3 aromatic carbocycles. The lowest BCUT2D eigenvalue weighted by Gasteiger charge is -2.53. The number of aromatic nitrogens is 1. The van der Waals surface area contributed by atoms with E-state index in [-0.39, 0.29) is 30.3 Å². The third-order valence-electron chi connectivity index (χ3n) is 10.1. The number of carbonyl (C=O) groups is 2. The third-order valence-corrected chi connectivity index (χ3v) is 10.1. The van der Waals surface area contributed by atoms with E-state index >= 15 is 0 Å². The van der Waals surface area contributed by atoms with Crippen molar-refractivity contribution >= 4 is 22.7 Å². The number of ether oxygens (including phenoxy) is 2. The van der Waals surface area contributed by atoms with E-state index in [9.17, 15) is 9.59 Å². The molecule has 2 amide bonds. The molecule has 2 saturated heterocycles. The van der Waals surface area contributed by atoms with Crippen molar-refractivity contribution in [1.82, 2.24) is 19.7 Å². The van der Waals surface area contributed by atoms with Crippen LogP contribution in [0.25, 0.3) is 10.9 Å². The molecule has 0 radical (unpaired) electrons. The normalized spacial score (nSPS) is 22.4. The molecule has 8 nitrogen and oxygen atoms in total. The number of piperazine rings is 1. The van der Waals surface area contributed by atoms with Gasteiger partial charge in [-0.3, -0.25) is 14.5 Å². The zero-order valence-corrected chi connectivity index (χ0v) is 26.4. The molecule has 234 valence electrons. The van der Waals surface area contributed by atoms with E-state index in [0.717, 1.165) is 66.6 Å². The highest BCUT2D eigenvalue weighted by Crippen LogP contribution is 2.49. The van der Waals surface area contributed by atoms with Gasteiger partial charge in [-0.1, -0.05) is 61.5 Å². The van der Waals surface area contributed by atoms with Crippen LogP contribution in [0.5, 0.6) is 11.5 Å². The van der Waals surface area contributed by atoms with Crippen molar-refractivity contribution in [2.75, 3.05) is 39.9 Å². The first-order chi connectivity index (χ1) is 21.9. The number of hydrogen-bond donors (Lipinski definition) is 1. The zero-order chi connectivity index (χ0) is 31.1. The summed E-state index contributed by atoms with van der Waals surface area (Å²) in [5.74, 6) is 1.24. The molecule has 7 rings (SSSR count). The van der Waals surface area contributed by atoms with Gasteiger partial charge < -0.3 is 24.3 Å². The Balaban J connectivity index is 1.22. The minimum atomic E-state index is -1.12. The molecule has 2 fully saturated rings. The summed E-state index contributed by atoms with van der Waals surface area (Å²) in [4.78, 5) is 38.6. The SMILES string of the molecule is CCCOc1ccc(C2CN3C(=O)CN(C4CCN(Cc5ccccc5)CC4)C(=O)C3(C)c3[nH]c4ccccc4c32)cc1OC. The molecule has 1 aromatic heterocycles. The summed E-state index contributed by atoms with van der Waals surface area (Å²) in [5.41, 5.74) is 4.07. The van der Waals surface area contributed by atoms with Crippen LogP contribution >= 0.6 is 0 Å². The highest BCUT2D eigenvalue weighted by Gasteiger charge is 2.57. The summed E-state index contributed by atoms with van der Waals surface area (Å²) in [5, 5.41) is 1.08. The Morgan fingerprint density at radius 3 is 2.47 bits per heavy atom. The first-order valence-electron chi connectivity index (χ1n) is 16.2. The fraction of sp³-hybridized carbons (Fsp3) is 0.405. The van der Waals surface area contributed by atoms with Crippen molar-refractivity contribution in [1.29, 1.82) is 0 Å². The van der Waals surface area contributed by atoms with Gasteiger partial charge in [-0.05, 0) is 61.1 Å². The molecule has 8 heteroatoms. The number of hydrogen-bond acceptors (Lipinski definition) is 5. The molecule has 1 N–H and O–H groups in total. The van der Waals surface area contributed by atoms with Crippen LogP contribution in [-0.2, 0) is 21.7 Å². The molecule has 0 spiro atoms. The summed E-state index contributed by atoms with van der Waals surface area (Å²) >= 11 is 0. The van der Waals surface area contributed by atoms with E-state index in [1.807, 2.05) is 47.1 Å². The van der Waals surface area contributed by atoms with Crippen molar-refractivity contribution in [3.63, 3.8) is 0 Å². The van der Waals surface area contributed by atoms with E-state index < -0.39 is 5.54 Å². The monoisotopic (exact) mass is 606 g/mol. The maximum atomic E-state index is 14.7. The van der Waals surface area contributed by atoms with Crippen LogP contribution in [0.15, 0.2) is 72.8 Å². The van der Waals surface area contributed by atoms with E-state index in [0.29, 0.717) is 24.7 Å². The summed E-state index contributed by atoms with van der Waals surface area (Å²) in [6.07, 6.45) is 2.62. The van der Waals surface area contributed by atoms with Crippen LogP contribution in [0.4, 0.5) is 0 Å². The second-order valence-electron chi connectivity index (χ2n) is 12.8. The average Bonchev–Trinajstić information content (AvgIpc) is 3.47. The number of H-pyrrole nitrogens is 1. The van der Waals surface area contributed by atoms with Gasteiger partial charge in [0.2, 0.25) is 5.91 Å². The maximum absolute atomic E-state index is 14.7. The predicted molar refractivity (Wildman–Crippen MR) is 174 cm³/mol. The number of piperidine rings is 1. The van der Waals surface area contributed by atoms with Crippen molar-refractivity contribution in [2.24, 2.45) is 0 Å². The number of amides is 2. The van der Waals surface area contributed by atoms with Crippen LogP contribution in [0.2, 0.25) is 0 Å². The van der Waals surface area contributed by atoms with Crippen molar-refractivity contribution in [2.45, 2.75) is 57.2 Å². The van der Waals surface area contributed by atoms with Crippen molar-refractivity contribution in [3.8, 4) is 11.5 Å². The molecular weight excluding hydrogens is 564 g/mol. The lowest BCUT2D eigenvalue weighted by molar-refractivity contribution is -0.169. The maximum Gasteiger partial charge on any atom is 0.255 e. The number of aromatic amines is 1. The van der Waals surface area contributed by atoms with Gasteiger partial charge in [-0.25, -0.2) is 0 Å². The topological polar surface area (TPSA) is 78.1 Å².